The Labute approximate surface area is 184 Å². The Morgan fingerprint density at radius 3 is 2.57 bits per heavy atom. The second-order valence-corrected chi connectivity index (χ2v) is 8.33. The second-order valence-electron chi connectivity index (χ2n) is 7.15. The molecule has 3 heterocycles. The number of benzene rings is 1. The minimum atomic E-state index is -0.115. The topological polar surface area (TPSA) is 63.6 Å². The van der Waals surface area contributed by atoms with Crippen molar-refractivity contribution < 1.29 is 14.3 Å². The van der Waals surface area contributed by atoms with Crippen molar-refractivity contribution in [2.75, 3.05) is 20.2 Å². The molecule has 2 aromatic heterocycles. The third-order valence-electron chi connectivity index (χ3n) is 5.28. The highest BCUT2D eigenvalue weighted by Crippen LogP contribution is 2.31. The number of aromatic nitrogens is 1. The lowest BCUT2D eigenvalue weighted by atomic mass is 10.0. The van der Waals surface area contributed by atoms with Gasteiger partial charge in [-0.2, -0.15) is 11.3 Å². The summed E-state index contributed by atoms with van der Waals surface area (Å²) in [5.41, 5.74) is 1.88. The van der Waals surface area contributed by atoms with E-state index in [0.717, 1.165) is 5.69 Å². The Morgan fingerprint density at radius 2 is 1.93 bits per heavy atom. The number of likely N-dealkylation sites (tertiary alicyclic amines) is 1. The molecule has 0 bridgehead atoms. The minimum Gasteiger partial charge on any atom is -0.496 e. The van der Waals surface area contributed by atoms with Crippen molar-refractivity contribution in [3.05, 3.63) is 69.6 Å². The number of ether oxygens (including phenoxy) is 1. The van der Waals surface area contributed by atoms with Crippen LogP contribution in [0, 0.1) is 0 Å². The number of rotatable bonds is 5. The Kier molecular flexibility index (Phi) is 6.11. The van der Waals surface area contributed by atoms with Gasteiger partial charge in [-0.3, -0.25) is 9.59 Å². The van der Waals surface area contributed by atoms with Gasteiger partial charge in [0.2, 0.25) is 0 Å². The zero-order chi connectivity index (χ0) is 21.1. The van der Waals surface area contributed by atoms with Crippen molar-refractivity contribution in [3.63, 3.8) is 0 Å². The van der Waals surface area contributed by atoms with Crippen LogP contribution in [0.2, 0.25) is 5.02 Å². The SMILES string of the molecule is COc1cc(-n2cccc2)c(Cl)cc1C(=O)N1CCC(NC(=O)c2ccsc2)CC1. The monoisotopic (exact) mass is 443 g/mol. The van der Waals surface area contributed by atoms with E-state index >= 15 is 0 Å². The Morgan fingerprint density at radius 1 is 1.20 bits per heavy atom. The Balaban J connectivity index is 1.44. The normalized spacial score (nSPS) is 14.5. The first kappa shape index (κ1) is 20.5. The number of thiophene rings is 1. The van der Waals surface area contributed by atoms with Crippen molar-refractivity contribution in [1.29, 1.82) is 0 Å². The number of piperidine rings is 1. The van der Waals surface area contributed by atoms with Crippen molar-refractivity contribution in [2.45, 2.75) is 18.9 Å². The highest BCUT2D eigenvalue weighted by atomic mass is 35.5. The maximum absolute atomic E-state index is 13.1. The van der Waals surface area contributed by atoms with E-state index in [-0.39, 0.29) is 17.9 Å². The summed E-state index contributed by atoms with van der Waals surface area (Å²) < 4.78 is 7.37. The molecule has 0 aliphatic carbocycles. The number of hydrogen-bond acceptors (Lipinski definition) is 4. The molecule has 3 aromatic rings. The van der Waals surface area contributed by atoms with Gasteiger partial charge >= 0.3 is 0 Å². The van der Waals surface area contributed by atoms with Gasteiger partial charge in [-0.1, -0.05) is 11.6 Å². The van der Waals surface area contributed by atoms with E-state index in [0.29, 0.717) is 47.8 Å². The molecule has 0 spiro atoms. The predicted octanol–water partition coefficient (Wildman–Crippen LogP) is 4.24. The van der Waals surface area contributed by atoms with Gasteiger partial charge in [-0.15, -0.1) is 0 Å². The highest BCUT2D eigenvalue weighted by Gasteiger charge is 2.27. The van der Waals surface area contributed by atoms with Gasteiger partial charge in [-0.25, -0.2) is 0 Å². The molecule has 8 heteroatoms. The summed E-state index contributed by atoms with van der Waals surface area (Å²) in [6, 6.07) is 9.13. The summed E-state index contributed by atoms with van der Waals surface area (Å²) in [6.07, 6.45) is 5.19. The smallest absolute Gasteiger partial charge is 0.257 e. The molecule has 1 aliphatic heterocycles. The molecular weight excluding hydrogens is 422 g/mol. The molecule has 1 aromatic carbocycles. The van der Waals surface area contributed by atoms with Gasteiger partial charge < -0.3 is 19.5 Å². The van der Waals surface area contributed by atoms with Crippen molar-refractivity contribution in [1.82, 2.24) is 14.8 Å². The third kappa shape index (κ3) is 4.22. The first-order chi connectivity index (χ1) is 14.6. The average Bonchev–Trinajstić information content (AvgIpc) is 3.48. The number of nitrogens with zero attached hydrogens (tertiary/aromatic N) is 2. The van der Waals surface area contributed by atoms with Crippen LogP contribution in [0.15, 0.2) is 53.5 Å². The molecule has 0 atom stereocenters. The lowest BCUT2D eigenvalue weighted by molar-refractivity contribution is 0.0695. The molecule has 1 N–H and O–H groups in total. The molecule has 30 heavy (non-hydrogen) atoms. The van der Waals surface area contributed by atoms with Crippen LogP contribution >= 0.6 is 22.9 Å². The number of carbonyl (C=O) groups is 2. The lowest BCUT2D eigenvalue weighted by Gasteiger charge is -2.32. The Bertz CT molecular complexity index is 1030. The summed E-state index contributed by atoms with van der Waals surface area (Å²) >= 11 is 7.97. The molecule has 2 amide bonds. The maximum Gasteiger partial charge on any atom is 0.257 e. The van der Waals surface area contributed by atoms with Crippen molar-refractivity contribution in [3.8, 4) is 11.4 Å². The van der Waals surface area contributed by atoms with E-state index in [4.69, 9.17) is 16.3 Å². The van der Waals surface area contributed by atoms with E-state index in [1.807, 2.05) is 45.9 Å². The van der Waals surface area contributed by atoms with E-state index in [1.54, 1.807) is 24.1 Å². The zero-order valence-electron chi connectivity index (χ0n) is 16.5. The van der Waals surface area contributed by atoms with Crippen LogP contribution in [0.25, 0.3) is 5.69 Å². The predicted molar refractivity (Wildman–Crippen MR) is 118 cm³/mol. The van der Waals surface area contributed by atoms with Crippen molar-refractivity contribution in [2.24, 2.45) is 0 Å². The molecule has 4 rings (SSSR count). The van der Waals surface area contributed by atoms with E-state index in [1.165, 1.54) is 11.3 Å². The van der Waals surface area contributed by atoms with Crippen LogP contribution in [0.5, 0.6) is 5.75 Å². The maximum atomic E-state index is 13.1. The van der Waals surface area contributed by atoms with Gasteiger partial charge in [0.05, 0.1) is 23.4 Å². The molecular formula is C22H22ClN3O3S. The van der Waals surface area contributed by atoms with Crippen LogP contribution < -0.4 is 10.1 Å². The molecule has 1 fully saturated rings. The molecule has 1 saturated heterocycles. The van der Waals surface area contributed by atoms with Crippen molar-refractivity contribution >= 4 is 34.8 Å². The fraction of sp³-hybridized carbons (Fsp3) is 0.273. The third-order valence-corrected chi connectivity index (χ3v) is 6.27. The number of amides is 2. The largest absolute Gasteiger partial charge is 0.496 e. The minimum absolute atomic E-state index is 0.0584. The molecule has 6 nitrogen and oxygen atoms in total. The van der Waals surface area contributed by atoms with Gasteiger partial charge in [0.1, 0.15) is 5.75 Å². The summed E-state index contributed by atoms with van der Waals surface area (Å²) in [5, 5.41) is 7.26. The van der Waals surface area contributed by atoms with Gasteiger partial charge in [-0.05, 0) is 42.5 Å². The summed E-state index contributed by atoms with van der Waals surface area (Å²) in [5.74, 6) is 0.312. The molecule has 1 aliphatic rings. The van der Waals surface area contributed by atoms with E-state index in [9.17, 15) is 9.59 Å². The van der Waals surface area contributed by atoms with Crippen LogP contribution in [0.1, 0.15) is 33.6 Å². The number of carbonyl (C=O) groups excluding carboxylic acids is 2. The molecule has 0 unspecified atom stereocenters. The van der Waals surface area contributed by atoms with E-state index in [2.05, 4.69) is 5.32 Å². The Hall–Kier alpha value is -2.77. The van der Waals surface area contributed by atoms with Crippen LogP contribution in [-0.2, 0) is 0 Å². The summed E-state index contributed by atoms with van der Waals surface area (Å²) in [6.45, 7) is 1.13. The van der Waals surface area contributed by atoms with Gasteiger partial charge in [0.15, 0.2) is 0 Å². The molecule has 156 valence electrons. The quantitative estimate of drug-likeness (QED) is 0.641. The highest BCUT2D eigenvalue weighted by molar-refractivity contribution is 7.08. The number of halogens is 1. The fourth-order valence-electron chi connectivity index (χ4n) is 3.63. The van der Waals surface area contributed by atoms with Crippen LogP contribution in [0.3, 0.4) is 0 Å². The number of nitrogens with one attached hydrogen (secondary N) is 1. The number of methoxy groups -OCH3 is 1. The van der Waals surface area contributed by atoms with E-state index < -0.39 is 0 Å². The van der Waals surface area contributed by atoms with Crippen LogP contribution in [0.4, 0.5) is 0 Å². The first-order valence-corrected chi connectivity index (χ1v) is 11.0. The number of hydrogen-bond donors (Lipinski definition) is 1. The molecule has 0 radical (unpaired) electrons. The lowest BCUT2D eigenvalue weighted by Crippen LogP contribution is -2.46. The second kappa shape index (κ2) is 8.93. The first-order valence-electron chi connectivity index (χ1n) is 9.70. The fourth-order valence-corrected chi connectivity index (χ4v) is 4.53. The average molecular weight is 444 g/mol. The van der Waals surface area contributed by atoms with Gasteiger partial charge in [0, 0.05) is 48.5 Å². The summed E-state index contributed by atoms with van der Waals surface area (Å²) in [4.78, 5) is 27.2. The standard InChI is InChI=1S/C22H22ClN3O3S/c1-29-20-13-19(25-7-2-3-8-25)18(23)12-17(20)22(28)26-9-4-16(5-10-26)24-21(27)15-6-11-30-14-15/h2-3,6-8,11-14,16H,4-5,9-10H2,1H3,(H,24,27). The summed E-state index contributed by atoms with van der Waals surface area (Å²) in [7, 11) is 1.55. The zero-order valence-corrected chi connectivity index (χ0v) is 18.1. The van der Waals surface area contributed by atoms with Gasteiger partial charge in [0.25, 0.3) is 11.8 Å². The van der Waals surface area contributed by atoms with Crippen LogP contribution in [-0.4, -0.2) is 47.5 Å². The molecule has 0 saturated carbocycles.